The monoisotopic (exact) mass is 278 g/mol. The summed E-state index contributed by atoms with van der Waals surface area (Å²) in [4.78, 5) is 36.4. The number of carbonyl (C=O) groups excluding carboxylic acids is 3. The summed E-state index contributed by atoms with van der Waals surface area (Å²) in [6.07, 6.45) is 0. The van der Waals surface area contributed by atoms with Crippen molar-refractivity contribution in [2.45, 2.75) is 18.1 Å². The van der Waals surface area contributed by atoms with Gasteiger partial charge in [0.05, 0.1) is 11.2 Å². The van der Waals surface area contributed by atoms with Crippen molar-refractivity contribution in [3.8, 4) is 0 Å². The lowest BCUT2D eigenvalue weighted by Gasteiger charge is -2.12. The summed E-state index contributed by atoms with van der Waals surface area (Å²) in [5, 5.41) is -0.712. The molecular weight excluding hydrogens is 264 g/mol. The van der Waals surface area contributed by atoms with E-state index in [0.717, 1.165) is 0 Å². The Kier molecular flexibility index (Phi) is 3.61. The van der Waals surface area contributed by atoms with E-state index >= 15 is 0 Å². The van der Waals surface area contributed by atoms with Gasteiger partial charge in [0.1, 0.15) is 0 Å². The van der Waals surface area contributed by atoms with Gasteiger partial charge in [0.2, 0.25) is 17.7 Å². The van der Waals surface area contributed by atoms with Crippen LogP contribution >= 0.6 is 12.6 Å². The Bertz CT molecular complexity index is 559. The van der Waals surface area contributed by atoms with Crippen LogP contribution in [0.15, 0.2) is 24.3 Å². The van der Waals surface area contributed by atoms with E-state index in [0.29, 0.717) is 17.7 Å². The molecule has 2 N–H and O–H groups in total. The van der Waals surface area contributed by atoms with Gasteiger partial charge in [-0.3, -0.25) is 19.3 Å². The highest BCUT2D eigenvalue weighted by Gasteiger charge is 2.45. The molecule has 1 aliphatic heterocycles. The molecule has 3 amide bonds. The Morgan fingerprint density at radius 3 is 2.58 bits per heavy atom. The highest BCUT2D eigenvalue weighted by Crippen LogP contribution is 2.33. The number of rotatable bonds is 3. The van der Waals surface area contributed by atoms with Crippen LogP contribution in [0.3, 0.4) is 0 Å². The van der Waals surface area contributed by atoms with Gasteiger partial charge in [-0.05, 0) is 24.6 Å². The minimum Gasteiger partial charge on any atom is -0.366 e. The Hall–Kier alpha value is -1.82. The van der Waals surface area contributed by atoms with E-state index in [-0.39, 0.29) is 11.8 Å². The lowest BCUT2D eigenvalue weighted by Crippen LogP contribution is -2.30. The summed E-state index contributed by atoms with van der Waals surface area (Å²) in [5.74, 6) is -1.81. The topological polar surface area (TPSA) is 80.5 Å². The Balaban J connectivity index is 2.42. The van der Waals surface area contributed by atoms with Crippen LogP contribution in [0, 0.1) is 0 Å². The molecule has 19 heavy (non-hydrogen) atoms. The first-order valence-corrected chi connectivity index (χ1v) is 6.42. The van der Waals surface area contributed by atoms with Gasteiger partial charge in [-0.15, -0.1) is 0 Å². The Morgan fingerprint density at radius 2 is 2.05 bits per heavy atom. The van der Waals surface area contributed by atoms with Crippen molar-refractivity contribution in [1.29, 1.82) is 0 Å². The van der Waals surface area contributed by atoms with E-state index in [1.807, 2.05) is 0 Å². The normalized spacial score (nSPS) is 22.9. The highest BCUT2D eigenvalue weighted by atomic mass is 32.1. The van der Waals surface area contributed by atoms with E-state index < -0.39 is 17.1 Å². The number of likely N-dealkylation sites (tertiary alicyclic amines) is 1. The van der Waals surface area contributed by atoms with Crippen LogP contribution in [0.25, 0.3) is 0 Å². The summed E-state index contributed by atoms with van der Waals surface area (Å²) in [7, 11) is 0. The van der Waals surface area contributed by atoms with Crippen molar-refractivity contribution in [3.63, 3.8) is 0 Å². The molecule has 0 radical (unpaired) electrons. The first kappa shape index (κ1) is 13.6. The summed E-state index contributed by atoms with van der Waals surface area (Å²) in [6.45, 7) is 2.05. The van der Waals surface area contributed by atoms with Gasteiger partial charge in [-0.25, -0.2) is 0 Å². The number of nitrogens with two attached hydrogens (primary N) is 1. The Labute approximate surface area is 116 Å². The maximum Gasteiger partial charge on any atom is 0.248 e. The van der Waals surface area contributed by atoms with Crippen LogP contribution in [0.4, 0.5) is 0 Å². The SMILES string of the molecule is CCN1C(=O)[C@@H](S)[C@H](c2cccc(C(N)=O)c2)C1=O. The minimum absolute atomic E-state index is 0.283. The van der Waals surface area contributed by atoms with Gasteiger partial charge in [-0.1, -0.05) is 12.1 Å². The number of hydrogen-bond acceptors (Lipinski definition) is 4. The van der Waals surface area contributed by atoms with E-state index in [1.165, 1.54) is 4.90 Å². The number of carbonyl (C=O) groups is 3. The van der Waals surface area contributed by atoms with Crippen LogP contribution in [-0.4, -0.2) is 34.4 Å². The molecule has 1 aromatic carbocycles. The van der Waals surface area contributed by atoms with E-state index in [9.17, 15) is 14.4 Å². The standard InChI is InChI=1S/C13H14N2O3S/c1-2-15-12(17)9(10(19)13(15)18)7-4-3-5-8(6-7)11(14)16/h3-6,9-10,19H,2H2,1H3,(H2,14,16)/t9-,10-/m0/s1. The molecule has 1 saturated heterocycles. The molecule has 0 bridgehead atoms. The molecule has 0 unspecified atom stereocenters. The molecular formula is C13H14N2O3S. The number of imide groups is 1. The number of primary amides is 1. The Morgan fingerprint density at radius 1 is 1.37 bits per heavy atom. The third-order valence-corrected chi connectivity index (χ3v) is 3.73. The van der Waals surface area contributed by atoms with E-state index in [2.05, 4.69) is 12.6 Å². The maximum absolute atomic E-state index is 12.2. The maximum atomic E-state index is 12.2. The van der Waals surface area contributed by atoms with Crippen LogP contribution in [-0.2, 0) is 9.59 Å². The van der Waals surface area contributed by atoms with Crippen LogP contribution in [0.1, 0.15) is 28.8 Å². The number of amides is 3. The molecule has 0 aliphatic carbocycles. The van der Waals surface area contributed by atoms with Gasteiger partial charge in [0, 0.05) is 12.1 Å². The van der Waals surface area contributed by atoms with Crippen molar-refractivity contribution in [2.75, 3.05) is 6.54 Å². The molecule has 0 aromatic heterocycles. The molecule has 100 valence electrons. The van der Waals surface area contributed by atoms with E-state index in [1.54, 1.807) is 31.2 Å². The second-order valence-electron chi connectivity index (χ2n) is 4.33. The number of likely N-dealkylation sites (N-methyl/N-ethyl adjacent to an activating group) is 1. The molecule has 2 atom stereocenters. The molecule has 1 aromatic rings. The fourth-order valence-electron chi connectivity index (χ4n) is 2.24. The average molecular weight is 278 g/mol. The third-order valence-electron chi connectivity index (χ3n) is 3.21. The van der Waals surface area contributed by atoms with Gasteiger partial charge in [-0.2, -0.15) is 12.6 Å². The summed E-state index contributed by atoms with van der Waals surface area (Å²) in [5.41, 5.74) is 6.11. The van der Waals surface area contributed by atoms with Crippen molar-refractivity contribution in [3.05, 3.63) is 35.4 Å². The van der Waals surface area contributed by atoms with Crippen molar-refractivity contribution < 1.29 is 14.4 Å². The van der Waals surface area contributed by atoms with Gasteiger partial charge >= 0.3 is 0 Å². The molecule has 1 fully saturated rings. The van der Waals surface area contributed by atoms with Crippen LogP contribution < -0.4 is 5.73 Å². The smallest absolute Gasteiger partial charge is 0.248 e. The highest BCUT2D eigenvalue weighted by molar-refractivity contribution is 7.82. The zero-order valence-corrected chi connectivity index (χ0v) is 11.3. The fraction of sp³-hybridized carbons (Fsp3) is 0.308. The molecule has 1 heterocycles. The van der Waals surface area contributed by atoms with Gasteiger partial charge in [0.25, 0.3) is 0 Å². The molecule has 5 nitrogen and oxygen atoms in total. The zero-order chi connectivity index (χ0) is 14.2. The largest absolute Gasteiger partial charge is 0.366 e. The second kappa shape index (κ2) is 5.05. The summed E-state index contributed by atoms with van der Waals surface area (Å²) < 4.78 is 0. The first-order chi connectivity index (χ1) is 8.97. The molecule has 0 spiro atoms. The number of benzene rings is 1. The molecule has 0 saturated carbocycles. The van der Waals surface area contributed by atoms with Crippen LogP contribution in [0.5, 0.6) is 0 Å². The third kappa shape index (κ3) is 2.23. The fourth-order valence-corrected chi connectivity index (χ4v) is 2.67. The zero-order valence-electron chi connectivity index (χ0n) is 10.4. The van der Waals surface area contributed by atoms with Gasteiger partial charge < -0.3 is 5.73 Å². The van der Waals surface area contributed by atoms with Crippen molar-refractivity contribution in [2.24, 2.45) is 5.73 Å². The summed E-state index contributed by atoms with van der Waals surface area (Å²) in [6, 6.07) is 6.45. The van der Waals surface area contributed by atoms with Crippen molar-refractivity contribution >= 4 is 30.4 Å². The van der Waals surface area contributed by atoms with E-state index in [4.69, 9.17) is 5.73 Å². The summed E-state index contributed by atoms with van der Waals surface area (Å²) >= 11 is 4.22. The minimum atomic E-state index is -0.712. The number of nitrogens with zero attached hydrogens (tertiary/aromatic N) is 1. The average Bonchev–Trinajstić information content (AvgIpc) is 2.60. The predicted octanol–water partition coefficient (Wildman–Crippen LogP) is 0.556. The second-order valence-corrected chi connectivity index (χ2v) is 4.89. The molecule has 1 aliphatic rings. The van der Waals surface area contributed by atoms with Gasteiger partial charge in [0.15, 0.2) is 0 Å². The number of hydrogen-bond donors (Lipinski definition) is 2. The molecule has 6 heteroatoms. The number of thiol groups is 1. The van der Waals surface area contributed by atoms with Crippen molar-refractivity contribution in [1.82, 2.24) is 4.90 Å². The predicted molar refractivity (Wildman–Crippen MR) is 72.9 cm³/mol. The first-order valence-electron chi connectivity index (χ1n) is 5.90. The lowest BCUT2D eigenvalue weighted by molar-refractivity contribution is -0.138. The quantitative estimate of drug-likeness (QED) is 0.626. The lowest BCUT2D eigenvalue weighted by atomic mass is 9.95. The van der Waals surface area contributed by atoms with Crippen LogP contribution in [0.2, 0.25) is 0 Å². The molecule has 2 rings (SSSR count).